The van der Waals surface area contributed by atoms with Crippen molar-refractivity contribution in [3.63, 3.8) is 0 Å². The van der Waals surface area contributed by atoms with E-state index in [1.165, 1.54) is 0 Å². The summed E-state index contributed by atoms with van der Waals surface area (Å²) in [4.78, 5) is 51.0. The van der Waals surface area contributed by atoms with Crippen molar-refractivity contribution in [3.05, 3.63) is 89.7 Å². The van der Waals surface area contributed by atoms with Crippen LogP contribution in [0.5, 0.6) is 5.75 Å². The molecule has 4 fully saturated rings. The number of rotatable bonds is 8. The number of hydrogen-bond donors (Lipinski definition) is 3. The second-order valence-electron chi connectivity index (χ2n) is 17.2. The first kappa shape index (κ1) is 40.4. The van der Waals surface area contributed by atoms with Gasteiger partial charge in [0, 0.05) is 81.0 Å². The molecule has 2 aromatic carbocycles. The number of anilines is 3. The number of para-hydroxylation sites is 1. The number of aromatic nitrogens is 4. The van der Waals surface area contributed by atoms with Gasteiger partial charge in [0.2, 0.25) is 5.91 Å². The van der Waals surface area contributed by atoms with Crippen molar-refractivity contribution in [2.45, 2.75) is 77.2 Å². The van der Waals surface area contributed by atoms with Crippen molar-refractivity contribution in [1.82, 2.24) is 34.9 Å². The van der Waals surface area contributed by atoms with Gasteiger partial charge in [-0.25, -0.2) is 9.78 Å². The number of carbonyl (C=O) groups is 3. The first-order chi connectivity index (χ1) is 29.5. The maximum atomic E-state index is 13.7. The van der Waals surface area contributed by atoms with E-state index < -0.39 is 6.03 Å². The Kier molecular flexibility index (Phi) is 11.1. The number of aromatic hydroxyl groups is 1. The molecular weight excluding hydrogens is 773 g/mol. The normalized spacial score (nSPS) is 22.2. The number of nitrogens with one attached hydrogen (secondary N) is 1. The molecule has 3 atom stereocenters. The maximum absolute atomic E-state index is 13.7. The molecule has 15 nitrogen and oxygen atoms in total. The Labute approximate surface area is 355 Å². The van der Waals surface area contributed by atoms with E-state index in [0.717, 1.165) is 86.3 Å². The number of nitrogen functional groups attached to an aromatic ring is 1. The number of piperidine rings is 2. The van der Waals surface area contributed by atoms with E-state index in [4.69, 9.17) is 15.5 Å². The summed E-state index contributed by atoms with van der Waals surface area (Å²) in [6.45, 7) is 11.7. The fraction of sp³-hybridized carbons (Fsp3) is 0.435. The minimum Gasteiger partial charge on any atom is -0.507 e. The Morgan fingerprint density at radius 3 is 2.44 bits per heavy atom. The molecule has 4 N–H and O–H groups in total. The number of imide groups is 1. The van der Waals surface area contributed by atoms with Crippen LogP contribution in [0.15, 0.2) is 73.1 Å². The number of fused-ring (bicyclic) bond motifs is 1. The first-order valence-corrected chi connectivity index (χ1v) is 21.5. The fourth-order valence-corrected chi connectivity index (χ4v) is 9.56. The lowest BCUT2D eigenvalue weighted by atomic mass is 9.94. The molecule has 0 unspecified atom stereocenters. The van der Waals surface area contributed by atoms with Crippen LogP contribution in [-0.2, 0) is 9.53 Å². The van der Waals surface area contributed by atoms with E-state index in [2.05, 4.69) is 56.8 Å². The SMILES string of the molecule is Cc1cn(C2CCN(CC3CCN(C(=O)c4ccc([C@H]5CN(c6cc(-c7ccccc7O)nnc6N)[C@@H](C)[C@@H](C)O5)cc4)CC3)CC2)c2ncc(N3CCC(=O)NC3=O)cc12. The summed E-state index contributed by atoms with van der Waals surface area (Å²) in [5.41, 5.74) is 12.7. The highest BCUT2D eigenvalue weighted by atomic mass is 16.5. The third-order valence-electron chi connectivity index (χ3n) is 13.3. The highest BCUT2D eigenvalue weighted by molar-refractivity contribution is 6.06. The molecule has 0 spiro atoms. The molecule has 15 heteroatoms. The molecule has 0 bridgehead atoms. The lowest BCUT2D eigenvalue weighted by molar-refractivity contribution is -0.120. The summed E-state index contributed by atoms with van der Waals surface area (Å²) in [5.74, 6) is 0.808. The quantitative estimate of drug-likeness (QED) is 0.165. The van der Waals surface area contributed by atoms with Crippen LogP contribution in [-0.4, -0.2) is 110 Å². The molecular formula is C46H54N10O5. The number of phenolic OH excluding ortho intramolecular Hbond substituents is 1. The molecule has 0 radical (unpaired) electrons. The van der Waals surface area contributed by atoms with Crippen LogP contribution >= 0.6 is 0 Å². The number of urea groups is 1. The van der Waals surface area contributed by atoms with Crippen molar-refractivity contribution in [2.24, 2.45) is 5.92 Å². The Balaban J connectivity index is 0.770. The third-order valence-corrected chi connectivity index (χ3v) is 13.3. The van der Waals surface area contributed by atoms with Crippen LogP contribution < -0.4 is 20.9 Å². The van der Waals surface area contributed by atoms with E-state index in [9.17, 15) is 19.5 Å². The molecule has 3 aromatic heterocycles. The van der Waals surface area contributed by atoms with Gasteiger partial charge in [0.25, 0.3) is 5.91 Å². The van der Waals surface area contributed by atoms with Gasteiger partial charge in [-0.3, -0.25) is 19.8 Å². The summed E-state index contributed by atoms with van der Waals surface area (Å²) in [7, 11) is 0. The van der Waals surface area contributed by atoms with Gasteiger partial charge in [0.1, 0.15) is 17.5 Å². The molecule has 4 saturated heterocycles. The fourth-order valence-electron chi connectivity index (χ4n) is 9.56. The summed E-state index contributed by atoms with van der Waals surface area (Å²) >= 11 is 0. The average molecular weight is 827 g/mol. The number of aryl methyl sites for hydroxylation is 1. The van der Waals surface area contributed by atoms with E-state index >= 15 is 0 Å². The smallest absolute Gasteiger partial charge is 0.328 e. The predicted octanol–water partition coefficient (Wildman–Crippen LogP) is 6.08. The number of morpholine rings is 1. The van der Waals surface area contributed by atoms with Crippen molar-refractivity contribution in [3.8, 4) is 17.0 Å². The Bertz CT molecular complexity index is 2440. The molecule has 5 aromatic rings. The number of nitrogens with zero attached hydrogens (tertiary/aromatic N) is 8. The van der Waals surface area contributed by atoms with E-state index in [1.54, 1.807) is 29.3 Å². The first-order valence-electron chi connectivity index (χ1n) is 21.5. The Hall–Kier alpha value is -6.06. The van der Waals surface area contributed by atoms with Gasteiger partial charge in [-0.05, 0) is 99.9 Å². The summed E-state index contributed by atoms with van der Waals surface area (Å²) in [6, 6.07) is 18.7. The van der Waals surface area contributed by atoms with Gasteiger partial charge in [0.15, 0.2) is 5.82 Å². The van der Waals surface area contributed by atoms with Crippen LogP contribution in [0.3, 0.4) is 0 Å². The molecule has 0 aliphatic carbocycles. The molecule has 0 saturated carbocycles. The highest BCUT2D eigenvalue weighted by Gasteiger charge is 2.35. The van der Waals surface area contributed by atoms with E-state index in [-0.39, 0.29) is 42.2 Å². The summed E-state index contributed by atoms with van der Waals surface area (Å²) < 4.78 is 8.80. The number of nitrogens with two attached hydrogens (primary N) is 1. The zero-order valence-corrected chi connectivity index (χ0v) is 35.0. The molecule has 7 heterocycles. The number of benzene rings is 2. The van der Waals surface area contributed by atoms with Gasteiger partial charge in [0.05, 0.1) is 35.4 Å². The highest BCUT2D eigenvalue weighted by Crippen LogP contribution is 2.38. The van der Waals surface area contributed by atoms with Crippen molar-refractivity contribution < 1.29 is 24.2 Å². The van der Waals surface area contributed by atoms with Crippen LogP contribution in [0, 0.1) is 12.8 Å². The van der Waals surface area contributed by atoms with Gasteiger partial charge >= 0.3 is 6.03 Å². The number of hydrogen-bond acceptors (Lipinski definition) is 11. The minimum atomic E-state index is -0.400. The maximum Gasteiger partial charge on any atom is 0.328 e. The number of phenols is 1. The Morgan fingerprint density at radius 2 is 1.70 bits per heavy atom. The zero-order valence-electron chi connectivity index (χ0n) is 35.0. The van der Waals surface area contributed by atoms with E-state index in [0.29, 0.717) is 53.4 Å². The molecule has 4 amide bonds. The van der Waals surface area contributed by atoms with Gasteiger partial charge in [-0.1, -0.05) is 24.3 Å². The Morgan fingerprint density at radius 1 is 0.951 bits per heavy atom. The van der Waals surface area contributed by atoms with E-state index in [1.807, 2.05) is 47.4 Å². The zero-order chi connectivity index (χ0) is 42.4. The second-order valence-corrected chi connectivity index (χ2v) is 17.2. The molecule has 61 heavy (non-hydrogen) atoms. The molecule has 9 rings (SSSR count). The van der Waals surface area contributed by atoms with Gasteiger partial charge < -0.3 is 34.8 Å². The molecule has 4 aliphatic rings. The lowest BCUT2D eigenvalue weighted by Crippen LogP contribution is -2.50. The van der Waals surface area contributed by atoms with Gasteiger partial charge in [-0.2, -0.15) is 0 Å². The number of amides is 4. The largest absolute Gasteiger partial charge is 0.507 e. The minimum absolute atomic E-state index is 0.00654. The molecule has 318 valence electrons. The van der Waals surface area contributed by atoms with Crippen LogP contribution in [0.2, 0.25) is 0 Å². The predicted molar refractivity (Wildman–Crippen MR) is 233 cm³/mol. The average Bonchev–Trinajstić information content (AvgIpc) is 3.60. The summed E-state index contributed by atoms with van der Waals surface area (Å²) in [6.07, 6.45) is 7.89. The number of carbonyl (C=O) groups excluding carboxylic acids is 3. The van der Waals surface area contributed by atoms with Crippen LogP contribution in [0.25, 0.3) is 22.3 Å². The standard InChI is InChI=1S/C46H54N10O5/c1-28-25-56(44-37(28)22-35(24-48-44)54-21-16-42(58)49-46(54)60)34-14-17-52(18-15-34)26-31-12-19-53(20-13-31)45(59)33-10-8-32(9-11-33)41-27-55(29(2)30(3)61-41)39-23-38(50-51-43(39)47)36-6-4-5-7-40(36)57/h4-11,22-25,29-31,34,41,57H,12-21,26-27H2,1-3H3,(H2,47,51)(H,49,58,60)/t29-,30+,41+/m0/s1. The lowest BCUT2D eigenvalue weighted by Gasteiger charge is -2.43. The summed E-state index contributed by atoms with van der Waals surface area (Å²) in [5, 5.41) is 22.4. The molecule has 4 aliphatic heterocycles. The topological polar surface area (TPSA) is 175 Å². The van der Waals surface area contributed by atoms with Crippen molar-refractivity contribution in [2.75, 3.05) is 61.3 Å². The third kappa shape index (κ3) is 8.11. The monoisotopic (exact) mass is 826 g/mol. The van der Waals surface area contributed by atoms with Gasteiger partial charge in [-0.15, -0.1) is 10.2 Å². The van der Waals surface area contributed by atoms with Crippen LogP contribution in [0.4, 0.5) is 22.0 Å². The van der Waals surface area contributed by atoms with Crippen molar-refractivity contribution >= 4 is 46.1 Å². The number of likely N-dealkylation sites (tertiary alicyclic amines) is 2. The van der Waals surface area contributed by atoms with Crippen LogP contribution in [0.1, 0.15) is 79.6 Å². The van der Waals surface area contributed by atoms with Crippen molar-refractivity contribution in [1.29, 1.82) is 0 Å². The number of ether oxygens (including phenoxy) is 1. The number of pyridine rings is 1. The second kappa shape index (κ2) is 16.8.